The second-order valence-corrected chi connectivity index (χ2v) is 6.22. The lowest BCUT2D eigenvalue weighted by atomic mass is 10.0. The van der Waals surface area contributed by atoms with E-state index < -0.39 is 0 Å². The van der Waals surface area contributed by atoms with Crippen molar-refractivity contribution in [2.24, 2.45) is 7.05 Å². The number of nitrogens with one attached hydrogen (secondary N) is 1. The van der Waals surface area contributed by atoms with E-state index in [9.17, 15) is 0 Å². The van der Waals surface area contributed by atoms with E-state index >= 15 is 0 Å². The van der Waals surface area contributed by atoms with E-state index in [1.165, 1.54) is 16.7 Å². The molecule has 0 spiro atoms. The lowest BCUT2D eigenvalue weighted by molar-refractivity contribution is 0.337. The lowest BCUT2D eigenvalue weighted by Gasteiger charge is -2.12. The van der Waals surface area contributed by atoms with Crippen LogP contribution in [0.25, 0.3) is 11.3 Å². The molecule has 0 fully saturated rings. The van der Waals surface area contributed by atoms with E-state index in [0.717, 1.165) is 23.0 Å². The van der Waals surface area contributed by atoms with Crippen LogP contribution in [-0.4, -0.2) is 16.2 Å². The average molecular weight is 335 g/mol. The molecule has 25 heavy (non-hydrogen) atoms. The van der Waals surface area contributed by atoms with E-state index in [1.54, 1.807) is 0 Å². The quantitative estimate of drug-likeness (QED) is 0.709. The third kappa shape index (κ3) is 3.68. The second-order valence-electron chi connectivity index (χ2n) is 6.22. The molecular formula is C21H25N3O. The van der Waals surface area contributed by atoms with Crippen LogP contribution < -0.4 is 10.1 Å². The largest absolute Gasteiger partial charge is 0.494 e. The summed E-state index contributed by atoms with van der Waals surface area (Å²) in [7, 11) is 2.04. The van der Waals surface area contributed by atoms with Crippen LogP contribution in [0.15, 0.2) is 48.7 Å². The summed E-state index contributed by atoms with van der Waals surface area (Å²) in [5, 5.41) is 3.42. The topological polar surface area (TPSA) is 39.1 Å². The molecule has 3 rings (SSSR count). The number of ether oxygens (including phenoxy) is 1. The fourth-order valence-electron chi connectivity index (χ4n) is 2.86. The molecule has 0 aliphatic heterocycles. The summed E-state index contributed by atoms with van der Waals surface area (Å²) in [5.41, 5.74) is 6.00. The summed E-state index contributed by atoms with van der Waals surface area (Å²) in [4.78, 5) is 4.55. The molecule has 0 radical (unpaired) electrons. The number of hydrogen-bond donors (Lipinski definition) is 1. The molecule has 3 aromatic rings. The van der Waals surface area contributed by atoms with Gasteiger partial charge in [-0.25, -0.2) is 4.98 Å². The molecule has 0 unspecified atom stereocenters. The Bertz CT molecular complexity index is 867. The van der Waals surface area contributed by atoms with E-state index in [1.807, 2.05) is 38.4 Å². The van der Waals surface area contributed by atoms with Crippen molar-refractivity contribution < 1.29 is 4.74 Å². The van der Waals surface area contributed by atoms with Crippen LogP contribution in [0.1, 0.15) is 23.6 Å². The first kappa shape index (κ1) is 17.1. The summed E-state index contributed by atoms with van der Waals surface area (Å²) in [6, 6.07) is 14.6. The van der Waals surface area contributed by atoms with Crippen LogP contribution in [0.2, 0.25) is 0 Å². The van der Waals surface area contributed by atoms with Gasteiger partial charge in [-0.15, -0.1) is 0 Å². The van der Waals surface area contributed by atoms with E-state index in [4.69, 9.17) is 4.74 Å². The number of imidazole rings is 1. The van der Waals surface area contributed by atoms with Crippen molar-refractivity contribution in [2.75, 3.05) is 11.9 Å². The first-order valence-electron chi connectivity index (χ1n) is 8.64. The number of rotatable bonds is 6. The Morgan fingerprint density at radius 3 is 2.64 bits per heavy atom. The number of benzene rings is 2. The minimum absolute atomic E-state index is 0.663. The molecular weight excluding hydrogens is 310 g/mol. The van der Waals surface area contributed by atoms with Crippen LogP contribution in [-0.2, 0) is 13.6 Å². The lowest BCUT2D eigenvalue weighted by Crippen LogP contribution is -2.07. The van der Waals surface area contributed by atoms with Crippen molar-refractivity contribution in [3.8, 4) is 17.0 Å². The molecule has 2 aromatic carbocycles. The summed E-state index contributed by atoms with van der Waals surface area (Å²) < 4.78 is 7.78. The number of para-hydroxylation sites is 1. The van der Waals surface area contributed by atoms with Crippen LogP contribution in [0.4, 0.5) is 5.95 Å². The predicted molar refractivity (Wildman–Crippen MR) is 103 cm³/mol. The number of hydrogen-bond acceptors (Lipinski definition) is 3. The molecule has 0 saturated heterocycles. The van der Waals surface area contributed by atoms with Gasteiger partial charge in [0.05, 0.1) is 18.5 Å². The number of anilines is 1. The SMILES string of the molecule is CCOc1ccccc1CNc1ncc(-c2ccc(C)c(C)c2)n1C. The standard InChI is InChI=1S/C21H25N3O/c1-5-25-20-9-7-6-8-18(20)13-22-21-23-14-19(24(21)4)17-11-10-15(2)16(3)12-17/h6-12,14H,5,13H2,1-4H3,(H,22,23). The zero-order valence-electron chi connectivity index (χ0n) is 15.3. The van der Waals surface area contributed by atoms with Crippen molar-refractivity contribution in [3.05, 3.63) is 65.4 Å². The highest BCUT2D eigenvalue weighted by atomic mass is 16.5. The normalized spacial score (nSPS) is 10.7. The zero-order chi connectivity index (χ0) is 17.8. The second kappa shape index (κ2) is 7.43. The van der Waals surface area contributed by atoms with E-state index in [-0.39, 0.29) is 0 Å². The van der Waals surface area contributed by atoms with Crippen LogP contribution in [0.3, 0.4) is 0 Å². The third-order valence-electron chi connectivity index (χ3n) is 4.50. The van der Waals surface area contributed by atoms with Crippen molar-refractivity contribution in [1.29, 1.82) is 0 Å². The summed E-state index contributed by atoms with van der Waals surface area (Å²) in [6.07, 6.45) is 1.92. The highest BCUT2D eigenvalue weighted by Crippen LogP contribution is 2.25. The molecule has 1 heterocycles. The van der Waals surface area contributed by atoms with E-state index in [2.05, 4.69) is 53.0 Å². The molecule has 130 valence electrons. The summed E-state index contributed by atoms with van der Waals surface area (Å²) in [6.45, 7) is 7.60. The van der Waals surface area contributed by atoms with Crippen molar-refractivity contribution in [1.82, 2.24) is 9.55 Å². The predicted octanol–water partition coefficient (Wildman–Crippen LogP) is 4.71. The number of nitrogens with zero attached hydrogens (tertiary/aromatic N) is 2. The van der Waals surface area contributed by atoms with E-state index in [0.29, 0.717) is 13.2 Å². The molecule has 0 aliphatic carbocycles. The first-order valence-corrected chi connectivity index (χ1v) is 8.64. The van der Waals surface area contributed by atoms with Gasteiger partial charge in [-0.05, 0) is 44.0 Å². The summed E-state index contributed by atoms with van der Waals surface area (Å²) >= 11 is 0. The van der Waals surface area contributed by atoms with Gasteiger partial charge in [-0.2, -0.15) is 0 Å². The van der Waals surface area contributed by atoms with Gasteiger partial charge in [0.25, 0.3) is 0 Å². The Labute approximate surface area is 149 Å². The van der Waals surface area contributed by atoms with Gasteiger partial charge in [0.15, 0.2) is 0 Å². The Morgan fingerprint density at radius 2 is 1.88 bits per heavy atom. The van der Waals surface area contributed by atoms with Gasteiger partial charge in [-0.3, -0.25) is 0 Å². The fourth-order valence-corrected chi connectivity index (χ4v) is 2.86. The Morgan fingerprint density at radius 1 is 1.08 bits per heavy atom. The van der Waals surface area contributed by atoms with Crippen LogP contribution in [0.5, 0.6) is 5.75 Å². The van der Waals surface area contributed by atoms with Crippen molar-refractivity contribution in [2.45, 2.75) is 27.3 Å². The van der Waals surface area contributed by atoms with Crippen LogP contribution >= 0.6 is 0 Å². The fraction of sp³-hybridized carbons (Fsp3) is 0.286. The molecule has 1 N–H and O–H groups in total. The maximum atomic E-state index is 5.69. The maximum Gasteiger partial charge on any atom is 0.203 e. The Hall–Kier alpha value is -2.75. The van der Waals surface area contributed by atoms with Gasteiger partial charge >= 0.3 is 0 Å². The molecule has 0 saturated carbocycles. The zero-order valence-corrected chi connectivity index (χ0v) is 15.3. The monoisotopic (exact) mass is 335 g/mol. The van der Waals surface area contributed by atoms with Gasteiger partial charge in [0.2, 0.25) is 5.95 Å². The Kier molecular flexibility index (Phi) is 5.08. The van der Waals surface area contributed by atoms with Gasteiger partial charge in [0, 0.05) is 24.7 Å². The third-order valence-corrected chi connectivity index (χ3v) is 4.50. The molecule has 0 amide bonds. The molecule has 4 nitrogen and oxygen atoms in total. The number of aryl methyl sites for hydroxylation is 2. The van der Waals surface area contributed by atoms with Crippen molar-refractivity contribution in [3.63, 3.8) is 0 Å². The highest BCUT2D eigenvalue weighted by molar-refractivity contribution is 5.63. The molecule has 1 aromatic heterocycles. The van der Waals surface area contributed by atoms with Gasteiger partial charge in [-0.1, -0.05) is 30.3 Å². The van der Waals surface area contributed by atoms with Gasteiger partial charge < -0.3 is 14.6 Å². The molecule has 0 bridgehead atoms. The Balaban J connectivity index is 1.79. The minimum Gasteiger partial charge on any atom is -0.494 e. The smallest absolute Gasteiger partial charge is 0.203 e. The first-order chi connectivity index (χ1) is 12.1. The maximum absolute atomic E-state index is 5.69. The summed E-state index contributed by atoms with van der Waals surface area (Å²) in [5.74, 6) is 1.76. The molecule has 0 atom stereocenters. The van der Waals surface area contributed by atoms with Gasteiger partial charge in [0.1, 0.15) is 5.75 Å². The minimum atomic E-state index is 0.663. The average Bonchev–Trinajstić information content (AvgIpc) is 2.98. The van der Waals surface area contributed by atoms with Crippen molar-refractivity contribution >= 4 is 5.95 Å². The molecule has 4 heteroatoms. The molecule has 0 aliphatic rings. The highest BCUT2D eigenvalue weighted by Gasteiger charge is 2.10. The van der Waals surface area contributed by atoms with Crippen LogP contribution in [0, 0.1) is 13.8 Å². The number of aromatic nitrogens is 2.